The van der Waals surface area contributed by atoms with Gasteiger partial charge in [0.1, 0.15) is 17.1 Å². The van der Waals surface area contributed by atoms with Crippen molar-refractivity contribution in [1.29, 1.82) is 0 Å². The number of ether oxygens (including phenoxy) is 3. The number of rotatable bonds is 4. The van der Waals surface area contributed by atoms with Crippen molar-refractivity contribution in [3.8, 4) is 11.5 Å². The molecule has 2 atom stereocenters. The predicted molar refractivity (Wildman–Crippen MR) is 114 cm³/mol. The lowest BCUT2D eigenvalue weighted by molar-refractivity contribution is -0.138. The molecule has 2 fully saturated rings. The third-order valence-corrected chi connectivity index (χ3v) is 5.76. The maximum absolute atomic E-state index is 13.4. The van der Waals surface area contributed by atoms with Crippen molar-refractivity contribution in [3.63, 3.8) is 0 Å². The summed E-state index contributed by atoms with van der Waals surface area (Å²) in [5, 5.41) is 0. The van der Waals surface area contributed by atoms with E-state index in [1.54, 1.807) is 19.1 Å². The van der Waals surface area contributed by atoms with Crippen LogP contribution >= 0.6 is 0 Å². The van der Waals surface area contributed by atoms with E-state index >= 15 is 0 Å². The van der Waals surface area contributed by atoms with Gasteiger partial charge in [0, 0.05) is 31.3 Å². The van der Waals surface area contributed by atoms with Crippen molar-refractivity contribution in [1.82, 2.24) is 9.80 Å². The van der Waals surface area contributed by atoms with Gasteiger partial charge in [-0.3, -0.25) is 4.79 Å². The highest BCUT2D eigenvalue weighted by molar-refractivity contribution is 5.81. The lowest BCUT2D eigenvalue weighted by Gasteiger charge is -2.36. The smallest absolute Gasteiger partial charge is 0.410 e. The molecule has 7 heteroatoms. The molecule has 30 heavy (non-hydrogen) atoms. The monoisotopic (exact) mass is 418 g/mol. The molecule has 0 spiro atoms. The molecule has 1 aromatic carbocycles. The summed E-state index contributed by atoms with van der Waals surface area (Å²) in [7, 11) is 3.26. The molecule has 1 aromatic rings. The average Bonchev–Trinajstić information content (AvgIpc) is 3.21. The number of amides is 2. The molecule has 2 aliphatic heterocycles. The van der Waals surface area contributed by atoms with Crippen molar-refractivity contribution < 1.29 is 23.8 Å². The van der Waals surface area contributed by atoms with Gasteiger partial charge in [-0.05, 0) is 58.6 Å². The lowest BCUT2D eigenvalue weighted by atomic mass is 9.95. The molecule has 2 saturated heterocycles. The molecule has 2 amide bonds. The topological polar surface area (TPSA) is 68.3 Å². The molecule has 2 aliphatic rings. The number of piperidine rings is 1. The Morgan fingerprint density at radius 1 is 1.03 bits per heavy atom. The zero-order valence-corrected chi connectivity index (χ0v) is 18.8. The van der Waals surface area contributed by atoms with E-state index in [1.807, 2.05) is 43.9 Å². The van der Waals surface area contributed by atoms with Gasteiger partial charge in [-0.25, -0.2) is 4.79 Å². The number of carbonyl (C=O) groups is 2. The SMILES string of the molecule is COc1ccc(C2CCCN2C(=O)C2CCCN(C(=O)OC(C)(C)C)C2)c(OC)c1. The Balaban J connectivity index is 1.73. The third-order valence-electron chi connectivity index (χ3n) is 5.76. The Kier molecular flexibility index (Phi) is 6.78. The molecule has 166 valence electrons. The van der Waals surface area contributed by atoms with Crippen molar-refractivity contribution in [3.05, 3.63) is 23.8 Å². The summed E-state index contributed by atoms with van der Waals surface area (Å²) in [4.78, 5) is 29.6. The molecule has 0 bridgehead atoms. The molecule has 0 saturated carbocycles. The summed E-state index contributed by atoms with van der Waals surface area (Å²) in [5.41, 5.74) is 0.461. The Morgan fingerprint density at radius 2 is 1.77 bits per heavy atom. The van der Waals surface area contributed by atoms with Gasteiger partial charge in [-0.2, -0.15) is 0 Å². The summed E-state index contributed by atoms with van der Waals surface area (Å²) in [6.07, 6.45) is 3.11. The highest BCUT2D eigenvalue weighted by atomic mass is 16.6. The Labute approximate surface area is 179 Å². The van der Waals surface area contributed by atoms with E-state index in [1.165, 1.54) is 0 Å². The summed E-state index contributed by atoms with van der Waals surface area (Å²) in [6.45, 7) is 7.34. The van der Waals surface area contributed by atoms with Gasteiger partial charge in [0.15, 0.2) is 0 Å². The van der Waals surface area contributed by atoms with Crippen LogP contribution in [-0.2, 0) is 9.53 Å². The van der Waals surface area contributed by atoms with Gasteiger partial charge in [-0.1, -0.05) is 0 Å². The summed E-state index contributed by atoms with van der Waals surface area (Å²) in [6, 6.07) is 5.74. The molecule has 2 heterocycles. The molecule has 0 aromatic heterocycles. The molecule has 0 N–H and O–H groups in total. The number of nitrogens with zero attached hydrogens (tertiary/aromatic N) is 2. The van der Waals surface area contributed by atoms with E-state index in [0.29, 0.717) is 13.1 Å². The first-order chi connectivity index (χ1) is 14.2. The minimum atomic E-state index is -0.543. The number of hydrogen-bond acceptors (Lipinski definition) is 5. The molecule has 3 rings (SSSR count). The van der Waals surface area contributed by atoms with Gasteiger partial charge in [0.05, 0.1) is 26.2 Å². The van der Waals surface area contributed by atoms with Gasteiger partial charge < -0.3 is 24.0 Å². The van der Waals surface area contributed by atoms with Crippen molar-refractivity contribution in [2.24, 2.45) is 5.92 Å². The number of hydrogen-bond donors (Lipinski definition) is 0. The highest BCUT2D eigenvalue weighted by Crippen LogP contribution is 2.40. The van der Waals surface area contributed by atoms with Gasteiger partial charge in [0.25, 0.3) is 0 Å². The fraction of sp³-hybridized carbons (Fsp3) is 0.652. The number of likely N-dealkylation sites (tertiary alicyclic amines) is 2. The highest BCUT2D eigenvalue weighted by Gasteiger charge is 2.38. The number of carbonyl (C=O) groups excluding carboxylic acids is 2. The van der Waals surface area contributed by atoms with Gasteiger partial charge >= 0.3 is 6.09 Å². The maximum Gasteiger partial charge on any atom is 0.410 e. The van der Waals surface area contributed by atoms with Crippen molar-refractivity contribution in [2.45, 2.75) is 58.1 Å². The molecule has 2 unspecified atom stereocenters. The van der Waals surface area contributed by atoms with E-state index in [4.69, 9.17) is 14.2 Å². The van der Waals surface area contributed by atoms with E-state index in [-0.39, 0.29) is 24.0 Å². The van der Waals surface area contributed by atoms with E-state index in [9.17, 15) is 9.59 Å². The Bertz CT molecular complexity index is 773. The minimum absolute atomic E-state index is 0.0183. The standard InChI is InChI=1S/C23H34N2O5/c1-23(2,3)30-22(27)24-12-6-8-16(15-24)21(26)25-13-7-9-19(25)18-11-10-17(28-4)14-20(18)29-5/h10-11,14,16,19H,6-9,12-13,15H2,1-5H3. The van der Waals surface area contributed by atoms with Crippen LogP contribution < -0.4 is 9.47 Å². The van der Waals surface area contributed by atoms with E-state index < -0.39 is 5.60 Å². The van der Waals surface area contributed by atoms with Crippen LogP contribution in [0.3, 0.4) is 0 Å². The van der Waals surface area contributed by atoms with Crippen molar-refractivity contribution in [2.75, 3.05) is 33.9 Å². The molecular formula is C23H34N2O5. The first kappa shape index (κ1) is 22.2. The minimum Gasteiger partial charge on any atom is -0.497 e. The van der Waals surface area contributed by atoms with Crippen LogP contribution in [0.2, 0.25) is 0 Å². The van der Waals surface area contributed by atoms with Gasteiger partial charge in [-0.15, -0.1) is 0 Å². The second-order valence-corrected chi connectivity index (χ2v) is 9.06. The second-order valence-electron chi connectivity index (χ2n) is 9.06. The van der Waals surface area contributed by atoms with Crippen LogP contribution in [-0.4, -0.2) is 61.3 Å². The maximum atomic E-state index is 13.4. The van der Waals surface area contributed by atoms with Crippen LogP contribution in [0, 0.1) is 5.92 Å². The van der Waals surface area contributed by atoms with Crippen LogP contribution in [0.5, 0.6) is 11.5 Å². The van der Waals surface area contributed by atoms with Crippen LogP contribution in [0.4, 0.5) is 4.79 Å². The third kappa shape index (κ3) is 4.99. The quantitative estimate of drug-likeness (QED) is 0.739. The Morgan fingerprint density at radius 3 is 2.43 bits per heavy atom. The predicted octanol–water partition coefficient (Wildman–Crippen LogP) is 4.01. The first-order valence-corrected chi connectivity index (χ1v) is 10.7. The zero-order valence-electron chi connectivity index (χ0n) is 18.8. The average molecular weight is 419 g/mol. The fourth-order valence-electron chi connectivity index (χ4n) is 4.35. The molecule has 7 nitrogen and oxygen atoms in total. The molecular weight excluding hydrogens is 384 g/mol. The molecule has 0 aliphatic carbocycles. The summed E-state index contributed by atoms with van der Waals surface area (Å²) >= 11 is 0. The zero-order chi connectivity index (χ0) is 21.9. The normalized spacial score (nSPS) is 22.0. The second kappa shape index (κ2) is 9.14. The van der Waals surface area contributed by atoms with Crippen molar-refractivity contribution >= 4 is 12.0 Å². The number of benzene rings is 1. The van der Waals surface area contributed by atoms with Crippen LogP contribution in [0.25, 0.3) is 0 Å². The lowest BCUT2D eigenvalue weighted by Crippen LogP contribution is -2.47. The summed E-state index contributed by atoms with van der Waals surface area (Å²) in [5.74, 6) is 1.38. The fourth-order valence-corrected chi connectivity index (χ4v) is 4.35. The van der Waals surface area contributed by atoms with E-state index in [2.05, 4.69) is 0 Å². The van der Waals surface area contributed by atoms with E-state index in [0.717, 1.165) is 49.3 Å². The first-order valence-electron chi connectivity index (χ1n) is 10.7. The van der Waals surface area contributed by atoms with Crippen LogP contribution in [0.15, 0.2) is 18.2 Å². The molecule has 0 radical (unpaired) electrons. The Hall–Kier alpha value is -2.44. The largest absolute Gasteiger partial charge is 0.497 e. The number of methoxy groups -OCH3 is 2. The van der Waals surface area contributed by atoms with Gasteiger partial charge in [0.2, 0.25) is 5.91 Å². The summed E-state index contributed by atoms with van der Waals surface area (Å²) < 4.78 is 16.4. The van der Waals surface area contributed by atoms with Crippen LogP contribution in [0.1, 0.15) is 58.1 Å².